The molecule has 6 heteroatoms. The monoisotopic (exact) mass is 181 g/mol. The van der Waals surface area contributed by atoms with Crippen molar-refractivity contribution < 1.29 is 23.5 Å². The summed E-state index contributed by atoms with van der Waals surface area (Å²) in [6.07, 6.45) is -3.09. The maximum absolute atomic E-state index is 11.6. The van der Waals surface area contributed by atoms with E-state index in [9.17, 15) is 18.4 Å². The molecule has 0 heterocycles. The van der Waals surface area contributed by atoms with E-state index in [4.69, 9.17) is 5.11 Å². The van der Waals surface area contributed by atoms with Crippen LogP contribution in [0.3, 0.4) is 0 Å². The highest BCUT2D eigenvalue weighted by atomic mass is 19.3. The second-order valence-electron chi connectivity index (χ2n) is 2.11. The second-order valence-corrected chi connectivity index (χ2v) is 2.11. The van der Waals surface area contributed by atoms with Gasteiger partial charge in [0.15, 0.2) is 0 Å². The Morgan fingerprint density at radius 1 is 1.50 bits per heavy atom. The predicted octanol–water partition coefficient (Wildman–Crippen LogP) is 0.231. The molecule has 1 amide bonds. The lowest BCUT2D eigenvalue weighted by Crippen LogP contribution is -2.42. The van der Waals surface area contributed by atoms with Gasteiger partial charge in [0, 0.05) is 0 Å². The van der Waals surface area contributed by atoms with E-state index in [1.165, 1.54) is 6.92 Å². The maximum Gasteiger partial charge on any atom is 0.326 e. The van der Waals surface area contributed by atoms with Crippen molar-refractivity contribution in [2.45, 2.75) is 25.8 Å². The Balaban J connectivity index is 4.03. The van der Waals surface area contributed by atoms with Crippen LogP contribution in [0.4, 0.5) is 8.78 Å². The summed E-state index contributed by atoms with van der Waals surface area (Å²) in [5.74, 6) is -2.87. The van der Waals surface area contributed by atoms with Crippen LogP contribution in [0.1, 0.15) is 13.3 Å². The molecule has 0 unspecified atom stereocenters. The van der Waals surface area contributed by atoms with Crippen LogP contribution >= 0.6 is 0 Å². The van der Waals surface area contributed by atoms with Crippen molar-refractivity contribution in [3.63, 3.8) is 0 Å². The maximum atomic E-state index is 11.6. The zero-order chi connectivity index (χ0) is 9.72. The number of amides is 1. The highest BCUT2D eigenvalue weighted by Crippen LogP contribution is 1.96. The summed E-state index contributed by atoms with van der Waals surface area (Å²) >= 11 is 0. The molecule has 0 aromatic heterocycles. The molecule has 1 atom stereocenters. The molecule has 0 aromatic rings. The van der Waals surface area contributed by atoms with Gasteiger partial charge in [-0.3, -0.25) is 4.79 Å². The number of alkyl halides is 2. The molecular weight excluding hydrogens is 172 g/mol. The Kier molecular flexibility index (Phi) is 4.17. The topological polar surface area (TPSA) is 66.4 Å². The standard InChI is InChI=1S/C6H9F2NO3/c1-2-3(6(11)12)9-5(10)4(7)8/h3-4H,2H2,1H3,(H,9,10)(H,11,12)/t3-/m1/s1. The number of carboxylic acid groups (broad SMARTS) is 1. The third kappa shape index (κ3) is 3.27. The Morgan fingerprint density at radius 2 is 2.00 bits per heavy atom. The highest BCUT2D eigenvalue weighted by molar-refractivity contribution is 5.85. The van der Waals surface area contributed by atoms with Crippen LogP contribution < -0.4 is 5.32 Å². The van der Waals surface area contributed by atoms with E-state index in [-0.39, 0.29) is 6.42 Å². The molecule has 4 nitrogen and oxygen atoms in total. The van der Waals surface area contributed by atoms with E-state index in [1.807, 2.05) is 0 Å². The minimum Gasteiger partial charge on any atom is -0.480 e. The van der Waals surface area contributed by atoms with Gasteiger partial charge in [-0.2, -0.15) is 8.78 Å². The SMILES string of the molecule is CC[C@@H](NC(=O)C(F)F)C(=O)O. The molecule has 0 bridgehead atoms. The summed E-state index contributed by atoms with van der Waals surface area (Å²) in [6, 6.07) is -1.23. The Morgan fingerprint density at radius 3 is 2.25 bits per heavy atom. The molecule has 70 valence electrons. The lowest BCUT2D eigenvalue weighted by atomic mass is 10.2. The molecule has 0 fully saturated rings. The molecule has 12 heavy (non-hydrogen) atoms. The average Bonchev–Trinajstić information content (AvgIpc) is 1.98. The summed E-state index contributed by atoms with van der Waals surface area (Å²) in [6.45, 7) is 1.48. The van der Waals surface area contributed by atoms with Crippen LogP contribution in [0.15, 0.2) is 0 Å². The van der Waals surface area contributed by atoms with E-state index < -0.39 is 24.3 Å². The minimum atomic E-state index is -3.17. The fourth-order valence-electron chi connectivity index (χ4n) is 0.573. The lowest BCUT2D eigenvalue weighted by Gasteiger charge is -2.10. The van der Waals surface area contributed by atoms with Gasteiger partial charge in [0.05, 0.1) is 0 Å². The summed E-state index contributed by atoms with van der Waals surface area (Å²) in [7, 11) is 0. The first-order chi connectivity index (χ1) is 5.49. The largest absolute Gasteiger partial charge is 0.480 e. The van der Waals surface area contributed by atoms with Gasteiger partial charge in [0.2, 0.25) is 0 Å². The molecule has 0 aliphatic heterocycles. The molecule has 0 saturated heterocycles. The minimum absolute atomic E-state index is 0.0772. The van der Waals surface area contributed by atoms with E-state index in [0.717, 1.165) is 0 Å². The van der Waals surface area contributed by atoms with Crippen LogP contribution in [-0.2, 0) is 9.59 Å². The van der Waals surface area contributed by atoms with Gasteiger partial charge in [-0.25, -0.2) is 4.79 Å². The number of carbonyl (C=O) groups excluding carboxylic acids is 1. The van der Waals surface area contributed by atoms with Gasteiger partial charge in [0.25, 0.3) is 5.91 Å². The molecule has 0 rings (SSSR count). The average molecular weight is 181 g/mol. The fourth-order valence-corrected chi connectivity index (χ4v) is 0.573. The lowest BCUT2D eigenvalue weighted by molar-refractivity contribution is -0.144. The summed E-state index contributed by atoms with van der Waals surface area (Å²) in [5, 5.41) is 10.0. The van der Waals surface area contributed by atoms with Crippen molar-refractivity contribution in [3.05, 3.63) is 0 Å². The van der Waals surface area contributed by atoms with Gasteiger partial charge in [-0.15, -0.1) is 0 Å². The van der Waals surface area contributed by atoms with Crippen LogP contribution in [0.2, 0.25) is 0 Å². The first-order valence-electron chi connectivity index (χ1n) is 3.30. The molecule has 2 N–H and O–H groups in total. The Labute approximate surface area is 67.6 Å². The normalized spacial score (nSPS) is 12.7. The first-order valence-corrected chi connectivity index (χ1v) is 3.30. The Bertz CT molecular complexity index is 184. The number of carboxylic acids is 1. The molecule has 0 aliphatic carbocycles. The molecule has 0 aromatic carbocycles. The molecular formula is C6H9F2NO3. The zero-order valence-electron chi connectivity index (χ0n) is 6.38. The van der Waals surface area contributed by atoms with Gasteiger partial charge in [0.1, 0.15) is 6.04 Å². The van der Waals surface area contributed by atoms with E-state index in [2.05, 4.69) is 0 Å². The van der Waals surface area contributed by atoms with Crippen molar-refractivity contribution in [2.75, 3.05) is 0 Å². The summed E-state index contributed by atoms with van der Waals surface area (Å²) in [5.41, 5.74) is 0. The number of nitrogens with one attached hydrogen (secondary N) is 1. The van der Waals surface area contributed by atoms with Gasteiger partial charge >= 0.3 is 12.4 Å². The van der Waals surface area contributed by atoms with Crippen LogP contribution in [0.25, 0.3) is 0 Å². The van der Waals surface area contributed by atoms with Crippen LogP contribution in [0.5, 0.6) is 0 Å². The summed E-state index contributed by atoms with van der Waals surface area (Å²) < 4.78 is 23.2. The van der Waals surface area contributed by atoms with E-state index in [1.54, 1.807) is 5.32 Å². The number of hydrogen-bond donors (Lipinski definition) is 2. The van der Waals surface area contributed by atoms with Crippen molar-refractivity contribution in [1.29, 1.82) is 0 Å². The first kappa shape index (κ1) is 10.8. The third-order valence-electron chi connectivity index (χ3n) is 1.22. The Hall–Kier alpha value is -1.20. The summed E-state index contributed by atoms with van der Waals surface area (Å²) in [4.78, 5) is 20.5. The molecule has 0 saturated carbocycles. The number of rotatable bonds is 4. The van der Waals surface area contributed by atoms with Crippen LogP contribution in [-0.4, -0.2) is 29.5 Å². The zero-order valence-corrected chi connectivity index (χ0v) is 6.38. The number of hydrogen-bond acceptors (Lipinski definition) is 2. The van der Waals surface area contributed by atoms with Crippen molar-refractivity contribution in [1.82, 2.24) is 5.32 Å². The van der Waals surface area contributed by atoms with E-state index in [0.29, 0.717) is 0 Å². The predicted molar refractivity (Wildman–Crippen MR) is 35.9 cm³/mol. The van der Waals surface area contributed by atoms with Crippen molar-refractivity contribution in [3.8, 4) is 0 Å². The number of carbonyl (C=O) groups is 2. The highest BCUT2D eigenvalue weighted by Gasteiger charge is 2.22. The third-order valence-corrected chi connectivity index (χ3v) is 1.22. The fraction of sp³-hybridized carbons (Fsp3) is 0.667. The smallest absolute Gasteiger partial charge is 0.326 e. The van der Waals surface area contributed by atoms with Gasteiger partial charge in [-0.05, 0) is 6.42 Å². The quantitative estimate of drug-likeness (QED) is 0.652. The van der Waals surface area contributed by atoms with Gasteiger partial charge < -0.3 is 10.4 Å². The second kappa shape index (κ2) is 4.63. The molecule has 0 aliphatic rings. The van der Waals surface area contributed by atoms with Crippen LogP contribution in [0, 0.1) is 0 Å². The molecule has 0 spiro atoms. The van der Waals surface area contributed by atoms with Crippen molar-refractivity contribution >= 4 is 11.9 Å². The van der Waals surface area contributed by atoms with Crippen molar-refractivity contribution in [2.24, 2.45) is 0 Å². The number of halogens is 2. The van der Waals surface area contributed by atoms with E-state index >= 15 is 0 Å². The van der Waals surface area contributed by atoms with Gasteiger partial charge in [-0.1, -0.05) is 6.92 Å². The molecule has 0 radical (unpaired) electrons. The number of aliphatic carboxylic acids is 1.